The van der Waals surface area contributed by atoms with E-state index in [9.17, 15) is 8.42 Å². The number of methoxy groups -OCH3 is 2. The molecular formula is C12H16ClNO4S. The lowest BCUT2D eigenvalue weighted by Gasteiger charge is -2.26. The van der Waals surface area contributed by atoms with Crippen molar-refractivity contribution in [1.82, 2.24) is 4.72 Å². The molecule has 0 unspecified atom stereocenters. The van der Waals surface area contributed by atoms with E-state index in [4.69, 9.17) is 21.1 Å². The zero-order chi connectivity index (χ0) is 14.0. The molecule has 0 atom stereocenters. The van der Waals surface area contributed by atoms with Crippen LogP contribution >= 0.6 is 11.6 Å². The highest BCUT2D eigenvalue weighted by Gasteiger charge is 2.28. The van der Waals surface area contributed by atoms with Crippen LogP contribution in [0.4, 0.5) is 0 Å². The van der Waals surface area contributed by atoms with Crippen LogP contribution < -0.4 is 14.2 Å². The summed E-state index contributed by atoms with van der Waals surface area (Å²) in [4.78, 5) is 0.0446. The molecule has 1 aromatic rings. The summed E-state index contributed by atoms with van der Waals surface area (Å²) in [6, 6.07) is 2.83. The highest BCUT2D eigenvalue weighted by molar-refractivity contribution is 7.89. The summed E-state index contributed by atoms with van der Waals surface area (Å²) >= 11 is 5.95. The summed E-state index contributed by atoms with van der Waals surface area (Å²) in [5.74, 6) is 0.508. The molecule has 5 nitrogen and oxygen atoms in total. The fourth-order valence-corrected chi connectivity index (χ4v) is 3.55. The number of ether oxygens (including phenoxy) is 2. The third-order valence-corrected chi connectivity index (χ3v) is 4.99. The smallest absolute Gasteiger partial charge is 0.244 e. The Morgan fingerprint density at radius 2 is 1.84 bits per heavy atom. The number of hydrogen-bond donors (Lipinski definition) is 1. The third kappa shape index (κ3) is 2.96. The van der Waals surface area contributed by atoms with Gasteiger partial charge in [-0.1, -0.05) is 18.0 Å². The molecule has 7 heteroatoms. The molecule has 19 heavy (non-hydrogen) atoms. The molecule has 0 amide bonds. The second kappa shape index (κ2) is 5.56. The van der Waals surface area contributed by atoms with E-state index in [1.165, 1.54) is 26.4 Å². The van der Waals surface area contributed by atoms with Gasteiger partial charge in [0.25, 0.3) is 0 Å². The first-order valence-corrected chi connectivity index (χ1v) is 7.78. The van der Waals surface area contributed by atoms with Gasteiger partial charge in [-0.15, -0.1) is 0 Å². The predicted octanol–water partition coefficient (Wildman–Crippen LogP) is 2.19. The van der Waals surface area contributed by atoms with Crippen molar-refractivity contribution >= 4 is 21.6 Å². The molecule has 1 N–H and O–H groups in total. The maximum absolute atomic E-state index is 12.3. The summed E-state index contributed by atoms with van der Waals surface area (Å²) in [5.41, 5.74) is 0. The molecule has 2 rings (SSSR count). The summed E-state index contributed by atoms with van der Waals surface area (Å²) in [5, 5.41) is 0.307. The van der Waals surface area contributed by atoms with E-state index in [0.29, 0.717) is 10.8 Å². The van der Waals surface area contributed by atoms with Gasteiger partial charge in [-0.25, -0.2) is 13.1 Å². The summed E-state index contributed by atoms with van der Waals surface area (Å²) in [6.07, 6.45) is 2.78. The van der Waals surface area contributed by atoms with Gasteiger partial charge in [-0.3, -0.25) is 0 Å². The highest BCUT2D eigenvalue weighted by atomic mass is 35.5. The van der Waals surface area contributed by atoms with Gasteiger partial charge >= 0.3 is 0 Å². The molecule has 0 heterocycles. The van der Waals surface area contributed by atoms with E-state index in [2.05, 4.69) is 4.72 Å². The van der Waals surface area contributed by atoms with Crippen LogP contribution in [-0.4, -0.2) is 28.7 Å². The monoisotopic (exact) mass is 305 g/mol. The number of rotatable bonds is 5. The quantitative estimate of drug-likeness (QED) is 0.905. The van der Waals surface area contributed by atoms with Gasteiger partial charge in [0.15, 0.2) is 0 Å². The zero-order valence-corrected chi connectivity index (χ0v) is 12.3. The number of benzene rings is 1. The van der Waals surface area contributed by atoms with Gasteiger partial charge in [-0.2, -0.15) is 0 Å². The first kappa shape index (κ1) is 14.4. The summed E-state index contributed by atoms with van der Waals surface area (Å²) in [6.45, 7) is 0. The third-order valence-electron chi connectivity index (χ3n) is 3.15. The Kier molecular flexibility index (Phi) is 4.23. The van der Waals surface area contributed by atoms with Crippen LogP contribution in [0.1, 0.15) is 19.3 Å². The normalized spacial score (nSPS) is 15.9. The second-order valence-corrected chi connectivity index (χ2v) is 6.48. The summed E-state index contributed by atoms with van der Waals surface area (Å²) < 4.78 is 37.4. The molecule has 0 spiro atoms. The molecule has 1 aromatic carbocycles. The van der Waals surface area contributed by atoms with E-state index in [1.54, 1.807) is 0 Å². The molecule has 1 saturated carbocycles. The number of sulfonamides is 1. The van der Waals surface area contributed by atoms with E-state index in [-0.39, 0.29) is 16.7 Å². The van der Waals surface area contributed by atoms with Crippen molar-refractivity contribution in [3.63, 3.8) is 0 Å². The van der Waals surface area contributed by atoms with Crippen LogP contribution in [0.5, 0.6) is 11.5 Å². The Morgan fingerprint density at radius 3 is 2.32 bits per heavy atom. The molecule has 106 valence electrons. The second-order valence-electron chi connectivity index (χ2n) is 4.39. The van der Waals surface area contributed by atoms with E-state index in [0.717, 1.165) is 19.3 Å². The minimum atomic E-state index is -3.63. The average Bonchev–Trinajstić information content (AvgIpc) is 2.33. The molecule has 0 aliphatic heterocycles. The number of hydrogen-bond acceptors (Lipinski definition) is 4. The highest BCUT2D eigenvalue weighted by Crippen LogP contribution is 2.35. The van der Waals surface area contributed by atoms with Crippen LogP contribution in [0, 0.1) is 0 Å². The van der Waals surface area contributed by atoms with E-state index in [1.807, 2.05) is 0 Å². The maximum Gasteiger partial charge on any atom is 0.244 e. The maximum atomic E-state index is 12.3. The van der Waals surface area contributed by atoms with Crippen molar-refractivity contribution in [3.05, 3.63) is 17.2 Å². The lowest BCUT2D eigenvalue weighted by molar-refractivity contribution is 0.377. The Labute approximate surface area is 117 Å². The topological polar surface area (TPSA) is 64.6 Å². The fraction of sp³-hybridized carbons (Fsp3) is 0.500. The van der Waals surface area contributed by atoms with Crippen molar-refractivity contribution in [2.45, 2.75) is 30.2 Å². The van der Waals surface area contributed by atoms with Gasteiger partial charge < -0.3 is 9.47 Å². The van der Waals surface area contributed by atoms with Crippen LogP contribution in [0.2, 0.25) is 5.02 Å². The fourth-order valence-electron chi connectivity index (χ4n) is 1.85. The average molecular weight is 306 g/mol. The number of nitrogens with one attached hydrogen (secondary N) is 1. The molecule has 0 saturated heterocycles. The van der Waals surface area contributed by atoms with Crippen LogP contribution in [-0.2, 0) is 10.0 Å². The van der Waals surface area contributed by atoms with Crippen molar-refractivity contribution in [3.8, 4) is 11.5 Å². The van der Waals surface area contributed by atoms with Crippen LogP contribution in [0.15, 0.2) is 17.0 Å². The molecule has 0 bridgehead atoms. The molecule has 1 aliphatic carbocycles. The Bertz CT molecular complexity index is 569. The Balaban J connectivity index is 2.41. The largest absolute Gasteiger partial charge is 0.495 e. The molecular weight excluding hydrogens is 290 g/mol. The first-order valence-electron chi connectivity index (χ1n) is 5.92. The van der Waals surface area contributed by atoms with Gasteiger partial charge in [-0.05, 0) is 12.8 Å². The predicted molar refractivity (Wildman–Crippen MR) is 72.5 cm³/mol. The Morgan fingerprint density at radius 1 is 1.21 bits per heavy atom. The summed E-state index contributed by atoms with van der Waals surface area (Å²) in [7, 11) is -0.789. The lowest BCUT2D eigenvalue weighted by Crippen LogP contribution is -2.39. The zero-order valence-electron chi connectivity index (χ0n) is 10.8. The Hall–Kier alpha value is -0.980. The van der Waals surface area contributed by atoms with Crippen molar-refractivity contribution < 1.29 is 17.9 Å². The minimum absolute atomic E-state index is 0.0105. The van der Waals surface area contributed by atoms with Gasteiger partial charge in [0.05, 0.1) is 19.2 Å². The van der Waals surface area contributed by atoms with Gasteiger partial charge in [0, 0.05) is 18.2 Å². The van der Waals surface area contributed by atoms with Crippen molar-refractivity contribution in [2.75, 3.05) is 14.2 Å². The lowest BCUT2D eigenvalue weighted by atomic mass is 9.94. The van der Waals surface area contributed by atoms with Crippen LogP contribution in [0.3, 0.4) is 0 Å². The van der Waals surface area contributed by atoms with E-state index < -0.39 is 10.0 Å². The minimum Gasteiger partial charge on any atom is -0.495 e. The van der Waals surface area contributed by atoms with Crippen molar-refractivity contribution in [2.24, 2.45) is 0 Å². The SMILES string of the molecule is COc1cc(S(=O)(=O)NC2CCC2)c(OC)cc1Cl. The molecule has 1 aliphatic rings. The van der Waals surface area contributed by atoms with Gasteiger partial charge in [0.1, 0.15) is 16.4 Å². The van der Waals surface area contributed by atoms with Gasteiger partial charge in [0.2, 0.25) is 10.0 Å². The van der Waals surface area contributed by atoms with Crippen molar-refractivity contribution in [1.29, 1.82) is 0 Å². The molecule has 1 fully saturated rings. The number of halogens is 1. The molecule has 0 aromatic heterocycles. The van der Waals surface area contributed by atoms with Crippen LogP contribution in [0.25, 0.3) is 0 Å². The van der Waals surface area contributed by atoms with E-state index >= 15 is 0 Å². The first-order chi connectivity index (χ1) is 8.97. The standard InChI is InChI=1S/C12H16ClNO4S/c1-17-10-7-12(11(18-2)6-9(10)13)19(15,16)14-8-4-3-5-8/h6-8,14H,3-5H2,1-2H3. The molecule has 0 radical (unpaired) electrons.